The van der Waals surface area contributed by atoms with Crippen LogP contribution in [0.1, 0.15) is 43.4 Å². The first kappa shape index (κ1) is 22.3. The zero-order valence-electron chi connectivity index (χ0n) is 19.5. The smallest absolute Gasteiger partial charge is 0.262 e. The van der Waals surface area contributed by atoms with Crippen LogP contribution in [0.15, 0.2) is 23.2 Å². The topological polar surface area (TPSA) is 110 Å². The van der Waals surface area contributed by atoms with Crippen LogP contribution in [0, 0.1) is 28.6 Å². The molecule has 1 aromatic carbocycles. The van der Waals surface area contributed by atoms with Crippen molar-refractivity contribution in [2.45, 2.75) is 50.9 Å². The maximum absolute atomic E-state index is 14.3. The normalized spacial score (nSPS) is 37.9. The van der Waals surface area contributed by atoms with Gasteiger partial charge in [0.05, 0.1) is 50.2 Å². The monoisotopic (exact) mass is 452 g/mol. The third kappa shape index (κ3) is 3.21. The van der Waals surface area contributed by atoms with Crippen LogP contribution in [0.2, 0.25) is 0 Å². The molecule has 176 valence electrons. The molecule has 2 fully saturated rings. The first-order chi connectivity index (χ1) is 15.8. The van der Waals surface area contributed by atoms with Crippen molar-refractivity contribution >= 4 is 11.9 Å². The highest BCUT2D eigenvalue weighted by atomic mass is 16.6. The molecular weight excluding hydrogens is 420 g/mol. The van der Waals surface area contributed by atoms with E-state index in [0.29, 0.717) is 31.9 Å². The summed E-state index contributed by atoms with van der Waals surface area (Å²) in [4.78, 5) is 20.9. The molecule has 0 bridgehead atoms. The van der Waals surface area contributed by atoms with Crippen LogP contribution in [0.25, 0.3) is 0 Å². The number of hydrogen-bond donors (Lipinski definition) is 1. The fourth-order valence-corrected chi connectivity index (χ4v) is 7.05. The third-order valence-corrected chi connectivity index (χ3v) is 8.13. The highest BCUT2D eigenvalue weighted by molar-refractivity contribution is 6.08. The van der Waals surface area contributed by atoms with E-state index in [1.807, 2.05) is 18.2 Å². The van der Waals surface area contributed by atoms with Crippen LogP contribution in [0.3, 0.4) is 0 Å². The predicted molar refractivity (Wildman–Crippen MR) is 121 cm³/mol. The summed E-state index contributed by atoms with van der Waals surface area (Å²) in [6.07, 6.45) is 2.22. The van der Waals surface area contributed by atoms with Crippen molar-refractivity contribution < 1.29 is 19.0 Å². The minimum Gasteiger partial charge on any atom is -0.381 e. The molecule has 2 spiro atoms. The van der Waals surface area contributed by atoms with Gasteiger partial charge in [-0.05, 0) is 54.4 Å². The fourth-order valence-electron chi connectivity index (χ4n) is 7.05. The largest absolute Gasteiger partial charge is 0.381 e. The van der Waals surface area contributed by atoms with E-state index in [1.54, 1.807) is 12.0 Å². The zero-order valence-corrected chi connectivity index (χ0v) is 19.5. The lowest BCUT2D eigenvalue weighted by molar-refractivity contribution is -0.145. The molecule has 2 N–H and O–H groups in total. The lowest BCUT2D eigenvalue weighted by atomic mass is 9.56. The van der Waals surface area contributed by atoms with E-state index in [0.717, 1.165) is 30.4 Å². The third-order valence-electron chi connectivity index (χ3n) is 8.13. The number of rotatable bonds is 3. The second-order valence-corrected chi connectivity index (χ2v) is 10.2. The Hall–Kier alpha value is -2.47. The predicted octanol–water partition coefficient (Wildman–Crippen LogP) is 1.95. The summed E-state index contributed by atoms with van der Waals surface area (Å²) in [6.45, 7) is 6.18. The van der Waals surface area contributed by atoms with Crippen LogP contribution < -0.4 is 5.73 Å². The van der Waals surface area contributed by atoms with Crippen molar-refractivity contribution in [2.24, 2.45) is 28.0 Å². The van der Waals surface area contributed by atoms with Gasteiger partial charge in [0.2, 0.25) is 0 Å². The van der Waals surface area contributed by atoms with Crippen molar-refractivity contribution in [3.8, 4) is 6.07 Å². The Labute approximate surface area is 194 Å². The number of methoxy groups -OCH3 is 1. The van der Waals surface area contributed by atoms with Crippen LogP contribution >= 0.6 is 0 Å². The molecule has 8 heteroatoms. The molecule has 5 rings (SSSR count). The first-order valence-electron chi connectivity index (χ1n) is 11.8. The Balaban J connectivity index is 1.61. The molecule has 1 aromatic rings. The van der Waals surface area contributed by atoms with E-state index in [2.05, 4.69) is 19.9 Å². The van der Waals surface area contributed by atoms with Crippen molar-refractivity contribution in [1.29, 1.82) is 5.26 Å². The number of nitrogens with zero attached hydrogens (tertiary/aromatic N) is 3. The Bertz CT molecular complexity index is 1020. The van der Waals surface area contributed by atoms with Gasteiger partial charge >= 0.3 is 0 Å². The van der Waals surface area contributed by atoms with E-state index in [1.165, 1.54) is 0 Å². The maximum atomic E-state index is 14.3. The molecule has 4 aliphatic rings. The summed E-state index contributed by atoms with van der Waals surface area (Å²) >= 11 is 0. The molecule has 8 nitrogen and oxygen atoms in total. The van der Waals surface area contributed by atoms with Crippen LogP contribution in [0.5, 0.6) is 0 Å². The van der Waals surface area contributed by atoms with Gasteiger partial charge < -0.3 is 19.9 Å². The number of aliphatic imine (C=N–C) groups is 1. The Kier molecular flexibility index (Phi) is 5.47. The molecule has 1 saturated heterocycles. The number of fused-ring (bicyclic) bond motifs is 3. The number of ether oxygens (including phenoxy) is 3. The number of guanidine groups is 1. The SMILES string of the molecule is CO[C@H]1[C@H](C)C[C@@]2(Cc3ccc(C#N)cc3[C@]23N=C(N)N(CC2COCCO2)C3=O)C[C@@H]1C. The number of hydrogen-bond acceptors (Lipinski definition) is 7. The fraction of sp³-hybridized carbons (Fsp3) is 0.640. The Morgan fingerprint density at radius 1 is 1.30 bits per heavy atom. The first-order valence-corrected chi connectivity index (χ1v) is 11.8. The van der Waals surface area contributed by atoms with Gasteiger partial charge in [0, 0.05) is 12.5 Å². The van der Waals surface area contributed by atoms with Crippen LogP contribution in [-0.4, -0.2) is 62.4 Å². The average molecular weight is 453 g/mol. The highest BCUT2D eigenvalue weighted by Gasteiger charge is 2.68. The molecule has 1 amide bonds. The second kappa shape index (κ2) is 8.08. The molecule has 0 aromatic heterocycles. The molecule has 2 aliphatic carbocycles. The second-order valence-electron chi connectivity index (χ2n) is 10.2. The lowest BCUT2D eigenvalue weighted by Crippen LogP contribution is -2.56. The molecule has 2 heterocycles. The summed E-state index contributed by atoms with van der Waals surface area (Å²) < 4.78 is 17.2. The summed E-state index contributed by atoms with van der Waals surface area (Å²) in [7, 11) is 1.76. The molecule has 6 atom stereocenters. The standard InChI is InChI=1S/C25H32N4O4/c1-15-9-24(10-16(2)21(15)31-3)11-18-5-4-17(12-26)8-20(18)25(24)22(30)29(23(27)28-25)13-19-14-32-6-7-33-19/h4-5,8,15-16,19,21H,6-7,9-11,13-14H2,1-3H3,(H2,27,28)/t15-,16+,19?,21+,24+,25-/m1/s1. The van der Waals surface area contributed by atoms with E-state index in [9.17, 15) is 10.1 Å². The number of carbonyl (C=O) groups excluding carboxylic acids is 1. The number of benzene rings is 1. The van der Waals surface area contributed by atoms with Gasteiger partial charge in [0.15, 0.2) is 11.5 Å². The van der Waals surface area contributed by atoms with Gasteiger partial charge in [-0.2, -0.15) is 5.26 Å². The molecule has 1 saturated carbocycles. The molecule has 33 heavy (non-hydrogen) atoms. The van der Waals surface area contributed by atoms with Gasteiger partial charge in [-0.1, -0.05) is 19.9 Å². The van der Waals surface area contributed by atoms with Crippen molar-refractivity contribution in [3.05, 3.63) is 34.9 Å². The van der Waals surface area contributed by atoms with Crippen molar-refractivity contribution in [3.63, 3.8) is 0 Å². The molecule has 1 unspecified atom stereocenters. The summed E-state index contributed by atoms with van der Waals surface area (Å²) in [5.74, 6) is 0.624. The Morgan fingerprint density at radius 2 is 2.06 bits per heavy atom. The van der Waals surface area contributed by atoms with Gasteiger partial charge in [0.1, 0.15) is 0 Å². The summed E-state index contributed by atoms with van der Waals surface area (Å²) in [5, 5.41) is 9.59. The number of amides is 1. The van der Waals surface area contributed by atoms with Gasteiger partial charge in [-0.3, -0.25) is 9.69 Å². The average Bonchev–Trinajstić information content (AvgIpc) is 3.20. The van der Waals surface area contributed by atoms with E-state index in [-0.39, 0.29) is 35.9 Å². The number of carbonyl (C=O) groups is 1. The molecule has 0 radical (unpaired) electrons. The number of nitriles is 1. The van der Waals surface area contributed by atoms with Crippen LogP contribution in [0.4, 0.5) is 0 Å². The maximum Gasteiger partial charge on any atom is 0.262 e. The van der Waals surface area contributed by atoms with Crippen molar-refractivity contribution in [1.82, 2.24) is 4.90 Å². The lowest BCUT2D eigenvalue weighted by Gasteiger charge is -2.50. The van der Waals surface area contributed by atoms with E-state index < -0.39 is 11.0 Å². The van der Waals surface area contributed by atoms with Gasteiger partial charge in [-0.25, -0.2) is 4.99 Å². The van der Waals surface area contributed by atoms with Gasteiger partial charge in [0.25, 0.3) is 5.91 Å². The van der Waals surface area contributed by atoms with E-state index in [4.69, 9.17) is 24.9 Å². The van der Waals surface area contributed by atoms with Gasteiger partial charge in [-0.15, -0.1) is 0 Å². The summed E-state index contributed by atoms with van der Waals surface area (Å²) in [6, 6.07) is 7.90. The quantitative estimate of drug-likeness (QED) is 0.751. The highest BCUT2D eigenvalue weighted by Crippen LogP contribution is 2.63. The van der Waals surface area contributed by atoms with Crippen molar-refractivity contribution in [2.75, 3.05) is 33.5 Å². The van der Waals surface area contributed by atoms with E-state index >= 15 is 0 Å². The molecule has 2 aliphatic heterocycles. The minimum absolute atomic E-state index is 0.113. The summed E-state index contributed by atoms with van der Waals surface area (Å²) in [5.41, 5.74) is 7.34. The Morgan fingerprint density at radius 3 is 2.70 bits per heavy atom. The number of nitrogens with two attached hydrogens (primary N) is 1. The zero-order chi connectivity index (χ0) is 23.4. The molecular formula is C25H32N4O4. The minimum atomic E-state index is -1.13. The van der Waals surface area contributed by atoms with Crippen LogP contribution in [-0.2, 0) is 31.0 Å².